The molecular weight excluding hydrogens is 306 g/mol. The van der Waals surface area contributed by atoms with Crippen molar-refractivity contribution < 1.29 is 17.5 Å². The minimum Gasteiger partial charge on any atom is -0.372 e. The third-order valence-electron chi connectivity index (χ3n) is 3.70. The molecule has 1 unspecified atom stereocenters. The van der Waals surface area contributed by atoms with Gasteiger partial charge in [-0.2, -0.15) is 0 Å². The maximum Gasteiger partial charge on any atom is 0.514 e. The molecule has 3 fully saturated rings. The van der Waals surface area contributed by atoms with Gasteiger partial charge in [-0.25, -0.2) is 0 Å². The molecule has 21 heavy (non-hydrogen) atoms. The minimum absolute atomic E-state index is 0.391. The highest BCUT2D eigenvalue weighted by Crippen LogP contribution is 2.18. The molecule has 3 aliphatic rings. The quantitative estimate of drug-likeness (QED) is 0.766. The summed E-state index contributed by atoms with van der Waals surface area (Å²) in [4.78, 5) is 2.28. The fourth-order valence-electron chi connectivity index (χ4n) is 2.58. The summed E-state index contributed by atoms with van der Waals surface area (Å²) in [5.74, 6) is 0.526. The van der Waals surface area contributed by atoms with Crippen molar-refractivity contribution in [2.75, 3.05) is 44.8 Å². The van der Waals surface area contributed by atoms with Crippen molar-refractivity contribution in [3.05, 3.63) is 35.9 Å². The second-order valence-electron chi connectivity index (χ2n) is 5.28. The van der Waals surface area contributed by atoms with Gasteiger partial charge in [-0.05, 0) is 5.56 Å². The maximum absolute atomic E-state index is 12.5. The molecule has 0 aromatic heterocycles. The topological polar surface area (TPSA) is 48.0 Å². The zero-order valence-electron chi connectivity index (χ0n) is 12.0. The van der Waals surface area contributed by atoms with Crippen LogP contribution in [-0.4, -0.2) is 62.7 Å². The fraction of sp³-hybridized carbons (Fsp3) is 0.571. The van der Waals surface area contributed by atoms with Crippen molar-refractivity contribution in [3.8, 4) is 0 Å². The van der Waals surface area contributed by atoms with Crippen LogP contribution >= 0.6 is 0 Å². The van der Waals surface area contributed by atoms with Crippen molar-refractivity contribution in [1.29, 1.82) is 0 Å². The lowest BCUT2D eigenvalue weighted by atomic mass is 10.2. The summed E-state index contributed by atoms with van der Waals surface area (Å²) in [6.45, 7) is 4.55. The Morgan fingerprint density at radius 1 is 1.00 bits per heavy atom. The highest BCUT2D eigenvalue weighted by Gasteiger charge is 2.45. The summed E-state index contributed by atoms with van der Waals surface area (Å²) in [6, 6.07) is 9.88. The summed E-state index contributed by atoms with van der Waals surface area (Å²) in [7, 11) is -3.80. The summed E-state index contributed by atoms with van der Waals surface area (Å²) in [5.41, 5.74) is 1.07. The summed E-state index contributed by atoms with van der Waals surface area (Å²) >= 11 is 0. The molecule has 4 rings (SSSR count). The molecule has 0 spiro atoms. The molecule has 1 aromatic rings. The van der Waals surface area contributed by atoms with Crippen LogP contribution in [0.4, 0.5) is 0 Å². The molecule has 0 saturated carbocycles. The Morgan fingerprint density at radius 3 is 2.14 bits per heavy atom. The van der Waals surface area contributed by atoms with Gasteiger partial charge in [-0.15, -0.1) is 0 Å². The van der Waals surface area contributed by atoms with Gasteiger partial charge in [0.1, 0.15) is 0 Å². The lowest BCUT2D eigenvalue weighted by molar-refractivity contribution is -0.00458. The molecule has 3 saturated heterocycles. The van der Waals surface area contributed by atoms with Gasteiger partial charge >= 0.3 is 8.80 Å². The molecule has 0 radical (unpaired) electrons. The van der Waals surface area contributed by atoms with Gasteiger partial charge in [0.15, 0.2) is 0 Å². The van der Waals surface area contributed by atoms with E-state index in [9.17, 15) is 4.21 Å². The zero-order valence-corrected chi connectivity index (χ0v) is 13.8. The number of hydrogen-bond acceptors (Lipinski definition) is 5. The number of rotatable bonds is 4. The van der Waals surface area contributed by atoms with E-state index in [0.29, 0.717) is 30.9 Å². The van der Waals surface area contributed by atoms with Gasteiger partial charge in [0.05, 0.1) is 25.2 Å². The Morgan fingerprint density at radius 2 is 1.57 bits per heavy atom. The highest BCUT2D eigenvalue weighted by molar-refractivity contribution is 7.85. The van der Waals surface area contributed by atoms with E-state index in [0.717, 1.165) is 25.2 Å². The second-order valence-corrected chi connectivity index (χ2v) is 9.84. The van der Waals surface area contributed by atoms with E-state index in [2.05, 4.69) is 4.90 Å². The third kappa shape index (κ3) is 4.21. The summed E-state index contributed by atoms with van der Waals surface area (Å²) < 4.78 is 30.2. The van der Waals surface area contributed by atoms with Crippen molar-refractivity contribution >= 4 is 19.6 Å². The van der Waals surface area contributed by atoms with Crippen LogP contribution in [0.1, 0.15) is 5.56 Å². The molecule has 2 bridgehead atoms. The lowest BCUT2D eigenvalue weighted by Gasteiger charge is -2.37. The smallest absolute Gasteiger partial charge is 0.372 e. The van der Waals surface area contributed by atoms with Crippen LogP contribution in [0.15, 0.2) is 30.3 Å². The number of nitrogens with zero attached hydrogens (tertiary/aromatic N) is 1. The molecule has 116 valence electrons. The highest BCUT2D eigenvalue weighted by atomic mass is 32.2. The molecule has 0 amide bonds. The van der Waals surface area contributed by atoms with E-state index in [1.165, 1.54) is 0 Å². The van der Waals surface area contributed by atoms with Gasteiger partial charge in [0.25, 0.3) is 0 Å². The summed E-state index contributed by atoms with van der Waals surface area (Å²) in [5, 5.41) is 0.391. The van der Waals surface area contributed by atoms with E-state index in [4.69, 9.17) is 13.3 Å². The number of hydrogen-bond donors (Lipinski definition) is 0. The van der Waals surface area contributed by atoms with Crippen LogP contribution in [0, 0.1) is 0 Å². The molecular formula is C14H21NO4SSi. The largest absolute Gasteiger partial charge is 0.514 e. The van der Waals surface area contributed by atoms with Crippen LogP contribution < -0.4 is 0 Å². The molecule has 7 heteroatoms. The first-order valence-electron chi connectivity index (χ1n) is 7.29. The van der Waals surface area contributed by atoms with Crippen molar-refractivity contribution in [2.45, 2.75) is 5.75 Å². The van der Waals surface area contributed by atoms with Crippen molar-refractivity contribution in [1.82, 2.24) is 4.90 Å². The summed E-state index contributed by atoms with van der Waals surface area (Å²) in [6.07, 6.45) is 0. The van der Waals surface area contributed by atoms with E-state index in [-0.39, 0.29) is 0 Å². The number of benzene rings is 1. The van der Waals surface area contributed by atoms with Crippen molar-refractivity contribution in [3.63, 3.8) is 0 Å². The van der Waals surface area contributed by atoms with Crippen LogP contribution in [0.2, 0.25) is 0 Å². The molecule has 5 nitrogen and oxygen atoms in total. The van der Waals surface area contributed by atoms with Gasteiger partial charge < -0.3 is 13.3 Å². The Balaban J connectivity index is 1.64. The average Bonchev–Trinajstić information content (AvgIpc) is 2.41. The first-order valence-corrected chi connectivity index (χ1v) is 10.7. The standard InChI is InChI=1S/C14H21NO4SSi/c16-20(12-14-4-2-1-3-5-14)13-21-17-9-6-15(7-10-18-21)8-11-19-21/h1-5H,6-13H2. The average molecular weight is 327 g/mol. The molecule has 1 atom stereocenters. The van der Waals surface area contributed by atoms with Crippen LogP contribution in [-0.2, 0) is 29.8 Å². The predicted molar refractivity (Wildman–Crippen MR) is 83.2 cm³/mol. The van der Waals surface area contributed by atoms with Gasteiger partial charge in [0, 0.05) is 36.2 Å². The Labute approximate surface area is 129 Å². The predicted octanol–water partition coefficient (Wildman–Crippen LogP) is 0.792. The van der Waals surface area contributed by atoms with E-state index in [1.54, 1.807) is 0 Å². The molecule has 3 heterocycles. The van der Waals surface area contributed by atoms with Crippen LogP contribution in [0.5, 0.6) is 0 Å². The van der Waals surface area contributed by atoms with E-state index in [1.807, 2.05) is 30.3 Å². The first kappa shape index (κ1) is 15.3. The first-order chi connectivity index (χ1) is 10.3. The Kier molecular flexibility index (Phi) is 5.20. The van der Waals surface area contributed by atoms with Crippen LogP contribution in [0.25, 0.3) is 0 Å². The normalized spacial score (nSPS) is 31.1. The minimum atomic E-state index is -2.77. The monoisotopic (exact) mass is 327 g/mol. The SMILES string of the molecule is O=S(Cc1ccccc1)C[Si]12OCCN(CCO1)CCO2. The van der Waals surface area contributed by atoms with Crippen LogP contribution in [0.3, 0.4) is 0 Å². The second kappa shape index (κ2) is 7.13. The molecule has 3 aliphatic heterocycles. The zero-order chi connectivity index (χ0) is 14.5. The van der Waals surface area contributed by atoms with Crippen molar-refractivity contribution in [2.24, 2.45) is 0 Å². The lowest BCUT2D eigenvalue weighted by Crippen LogP contribution is -2.58. The van der Waals surface area contributed by atoms with Gasteiger partial charge in [0.2, 0.25) is 0 Å². The Bertz CT molecular complexity index is 461. The fourth-order valence-corrected chi connectivity index (χ4v) is 7.59. The maximum atomic E-state index is 12.5. The van der Waals surface area contributed by atoms with Gasteiger partial charge in [-0.3, -0.25) is 9.11 Å². The molecule has 0 aliphatic carbocycles. The molecule has 0 N–H and O–H groups in total. The Hall–Kier alpha value is -0.573. The van der Waals surface area contributed by atoms with Gasteiger partial charge in [-0.1, -0.05) is 30.3 Å². The molecule has 1 aromatic carbocycles. The number of fused-ring (bicyclic) bond motifs is 6. The third-order valence-corrected chi connectivity index (χ3v) is 8.99. The van der Waals surface area contributed by atoms with E-state index >= 15 is 0 Å². The van der Waals surface area contributed by atoms with E-state index < -0.39 is 19.6 Å².